The number of aromatic nitrogens is 6. The third-order valence-electron chi connectivity index (χ3n) is 20.3. The van der Waals surface area contributed by atoms with Gasteiger partial charge in [0.2, 0.25) is 0 Å². The number of furan rings is 2. The monoisotopic (exact) mass is 1260 g/mol. The van der Waals surface area contributed by atoms with Gasteiger partial charge in [0.05, 0.1) is 0 Å². The molecule has 0 spiro atoms. The highest BCUT2D eigenvalue weighted by atomic mass is 16.3. The normalized spacial score (nSPS) is 12.6. The summed E-state index contributed by atoms with van der Waals surface area (Å²) in [5, 5.41) is 12.5. The summed E-state index contributed by atoms with van der Waals surface area (Å²) in [6.45, 7) is 4.67. The lowest BCUT2D eigenvalue weighted by atomic mass is 9.82. The lowest BCUT2D eigenvalue weighted by molar-refractivity contribution is 0.660. The van der Waals surface area contributed by atoms with Gasteiger partial charge in [-0.15, -0.1) is 0 Å². The van der Waals surface area contributed by atoms with Crippen LogP contribution in [0.15, 0.2) is 312 Å². The van der Waals surface area contributed by atoms with E-state index >= 15 is 0 Å². The van der Waals surface area contributed by atoms with Gasteiger partial charge in [-0.2, -0.15) is 0 Å². The molecule has 0 aliphatic heterocycles. The molecule has 1 aliphatic carbocycles. The summed E-state index contributed by atoms with van der Waals surface area (Å²) in [4.78, 5) is 31.5. The molecule has 0 saturated heterocycles. The molecule has 0 N–H and O–H groups in total. The van der Waals surface area contributed by atoms with Crippen LogP contribution in [0.5, 0.6) is 0 Å². The number of nitrogens with zero attached hydrogens (tertiary/aromatic N) is 6. The summed E-state index contributed by atoms with van der Waals surface area (Å²) in [6, 6.07) is 107. The van der Waals surface area contributed by atoms with E-state index in [0.717, 1.165) is 154 Å². The van der Waals surface area contributed by atoms with Crippen molar-refractivity contribution in [3.05, 3.63) is 314 Å². The lowest BCUT2D eigenvalue weighted by Crippen LogP contribution is -2.14. The van der Waals surface area contributed by atoms with Gasteiger partial charge in [0.25, 0.3) is 0 Å². The van der Waals surface area contributed by atoms with Gasteiger partial charge in [-0.25, -0.2) is 29.9 Å². The Morgan fingerprint density at radius 1 is 0.232 bits per heavy atom. The molecule has 8 heteroatoms. The van der Waals surface area contributed by atoms with Crippen molar-refractivity contribution >= 4 is 87.0 Å². The van der Waals surface area contributed by atoms with Gasteiger partial charge in [-0.05, 0) is 113 Å². The molecule has 0 amide bonds. The third-order valence-corrected chi connectivity index (χ3v) is 20.3. The summed E-state index contributed by atoms with van der Waals surface area (Å²) >= 11 is 0. The number of rotatable bonds is 9. The molecule has 0 atom stereocenters. The Balaban J connectivity index is 0.829. The van der Waals surface area contributed by atoms with Gasteiger partial charge in [0.1, 0.15) is 22.3 Å². The molecule has 15 aromatic carbocycles. The molecule has 20 rings (SSSR count). The van der Waals surface area contributed by atoms with E-state index in [0.29, 0.717) is 34.9 Å². The lowest BCUT2D eigenvalue weighted by Gasteiger charge is -2.21. The first-order chi connectivity index (χ1) is 48.8. The largest absolute Gasteiger partial charge is 0.455 e. The van der Waals surface area contributed by atoms with E-state index in [9.17, 15) is 0 Å². The van der Waals surface area contributed by atoms with Crippen LogP contribution in [0.25, 0.3) is 200 Å². The second kappa shape index (κ2) is 22.0. The molecule has 4 aromatic heterocycles. The first-order valence-electron chi connectivity index (χ1n) is 33.6. The Bertz CT molecular complexity index is 6530. The highest BCUT2D eigenvalue weighted by Crippen LogP contribution is 2.54. The molecule has 0 unspecified atom stereocenters. The van der Waals surface area contributed by atoms with E-state index in [2.05, 4.69) is 257 Å². The van der Waals surface area contributed by atoms with Crippen molar-refractivity contribution in [2.45, 2.75) is 19.3 Å². The predicted molar refractivity (Wildman–Crippen MR) is 404 cm³/mol. The van der Waals surface area contributed by atoms with Gasteiger partial charge >= 0.3 is 0 Å². The molecule has 8 nitrogen and oxygen atoms in total. The van der Waals surface area contributed by atoms with Crippen molar-refractivity contribution in [2.24, 2.45) is 0 Å². The summed E-state index contributed by atoms with van der Waals surface area (Å²) in [6.07, 6.45) is 0. The van der Waals surface area contributed by atoms with Crippen molar-refractivity contribution in [2.75, 3.05) is 0 Å². The van der Waals surface area contributed by atoms with E-state index in [1.165, 1.54) is 22.3 Å². The Kier molecular flexibility index (Phi) is 12.5. The van der Waals surface area contributed by atoms with Crippen LogP contribution in [0.2, 0.25) is 0 Å². The minimum absolute atomic E-state index is 0.191. The van der Waals surface area contributed by atoms with Crippen LogP contribution < -0.4 is 0 Å². The molecule has 0 radical (unpaired) electrons. The summed E-state index contributed by atoms with van der Waals surface area (Å²) < 4.78 is 14.9. The molecule has 4 heterocycles. The Morgan fingerprint density at radius 3 is 1.54 bits per heavy atom. The molecule has 0 bridgehead atoms. The number of fused-ring (bicyclic) bond motifs is 15. The topological polar surface area (TPSA) is 104 Å². The number of hydrogen-bond acceptors (Lipinski definition) is 8. The molecule has 462 valence electrons. The maximum Gasteiger partial charge on any atom is 0.164 e. The quantitative estimate of drug-likeness (QED) is 0.141. The minimum atomic E-state index is -0.191. The fraction of sp³-hybridized carbons (Fsp3) is 0.0330. The summed E-state index contributed by atoms with van der Waals surface area (Å²) in [5.74, 6) is 3.51. The van der Waals surface area contributed by atoms with Crippen LogP contribution in [-0.4, -0.2) is 29.9 Å². The van der Waals surface area contributed by atoms with Crippen LogP contribution in [0.4, 0.5) is 0 Å². The second-order valence-corrected chi connectivity index (χ2v) is 26.4. The minimum Gasteiger partial charge on any atom is -0.455 e. The molecule has 19 aromatic rings. The van der Waals surface area contributed by atoms with Gasteiger partial charge < -0.3 is 8.83 Å². The van der Waals surface area contributed by atoms with Crippen LogP contribution in [-0.2, 0) is 5.41 Å². The maximum absolute atomic E-state index is 7.59. The third kappa shape index (κ3) is 9.00. The molecular weight excluding hydrogens is 1210 g/mol. The van der Waals surface area contributed by atoms with Crippen molar-refractivity contribution in [1.82, 2.24) is 29.9 Å². The van der Waals surface area contributed by atoms with Gasteiger partial charge in [0, 0.05) is 82.2 Å². The smallest absolute Gasteiger partial charge is 0.164 e. The van der Waals surface area contributed by atoms with Crippen LogP contribution >= 0.6 is 0 Å². The SMILES string of the molecule is CC1(C)c2ccccc2-c2c(-c3cccc4c3oc3c5cc(-c6nc(-c7ccc8ccccc8c7)nc(-c7cccc8ccccc78)n6)ccc5c(-c5cc6cccc(-c7cccc(-c8nc(-c9ccccc9)nc(-c9ccccc9)n8)c7)c6c6c5oc5ccccc56)cc43)cccc21. The zero-order valence-electron chi connectivity index (χ0n) is 53.9. The molecule has 99 heavy (non-hydrogen) atoms. The fourth-order valence-electron chi connectivity index (χ4n) is 15.6. The summed E-state index contributed by atoms with van der Waals surface area (Å²) in [7, 11) is 0. The molecule has 0 fully saturated rings. The van der Waals surface area contributed by atoms with Gasteiger partial charge in [0.15, 0.2) is 34.9 Å². The Morgan fingerprint density at radius 2 is 0.747 bits per heavy atom. The van der Waals surface area contributed by atoms with E-state index in [4.69, 9.17) is 38.7 Å². The van der Waals surface area contributed by atoms with E-state index in [-0.39, 0.29) is 5.41 Å². The predicted octanol–water partition coefficient (Wildman–Crippen LogP) is 23.8. The molecule has 1 aliphatic rings. The second-order valence-electron chi connectivity index (χ2n) is 26.4. The van der Waals surface area contributed by atoms with Crippen LogP contribution in [0.1, 0.15) is 25.0 Å². The highest BCUT2D eigenvalue weighted by molar-refractivity contribution is 6.29. The van der Waals surface area contributed by atoms with E-state index < -0.39 is 0 Å². The van der Waals surface area contributed by atoms with Crippen LogP contribution in [0.3, 0.4) is 0 Å². The zero-order valence-corrected chi connectivity index (χ0v) is 53.9. The van der Waals surface area contributed by atoms with Crippen molar-refractivity contribution in [1.29, 1.82) is 0 Å². The van der Waals surface area contributed by atoms with E-state index in [1.807, 2.05) is 60.7 Å². The molecule has 0 saturated carbocycles. The average Bonchev–Trinajstić information content (AvgIpc) is 1.63. The van der Waals surface area contributed by atoms with Crippen molar-refractivity contribution < 1.29 is 8.83 Å². The van der Waals surface area contributed by atoms with Crippen molar-refractivity contribution in [3.8, 4) is 113 Å². The number of benzene rings is 15. The summed E-state index contributed by atoms with van der Waals surface area (Å²) in [5.41, 5.74) is 19.6. The Hall–Kier alpha value is -13.0. The first-order valence-corrected chi connectivity index (χ1v) is 33.6. The highest BCUT2D eigenvalue weighted by Gasteiger charge is 2.37. The van der Waals surface area contributed by atoms with Gasteiger partial charge in [-0.1, -0.05) is 281 Å². The molecular formula is C91H56N6O2. The van der Waals surface area contributed by atoms with Gasteiger partial charge in [-0.3, -0.25) is 0 Å². The Labute approximate surface area is 568 Å². The van der Waals surface area contributed by atoms with E-state index in [1.54, 1.807) is 0 Å². The fourth-order valence-corrected chi connectivity index (χ4v) is 15.6. The van der Waals surface area contributed by atoms with Crippen molar-refractivity contribution in [3.63, 3.8) is 0 Å². The maximum atomic E-state index is 7.59. The average molecular weight is 1270 g/mol. The number of hydrogen-bond donors (Lipinski definition) is 0. The van der Waals surface area contributed by atoms with Crippen LogP contribution in [0, 0.1) is 0 Å². The number of para-hydroxylation sites is 2. The zero-order chi connectivity index (χ0) is 65.5. The standard InChI is InChI=1S/C91H56N6O2/c1-91(2)76-41-15-13-34-70(76)80-66(37-21-42-77(80)91)67-38-20-39-68-75-52-72(65-47-46-62(51-73(65)83(75)99-82(67)68)89-95-88(61-45-44-53-22-9-10-28-57(53)48-61)96-90(97-89)69-40-18-29-54-23-11-12-33-63(54)69)74-50-59-31-19-36-64(79(59)81-71-35-14-16-43-78(71)98-84(74)81)58-30-17-32-60(49-58)87-93-85(55-24-5-3-6-25-55)92-86(94-87)56-26-7-4-8-27-56/h3-52H,1-2H3. The first kappa shape index (κ1) is 56.3.